The summed E-state index contributed by atoms with van der Waals surface area (Å²) in [5, 5.41) is 6.34. The summed E-state index contributed by atoms with van der Waals surface area (Å²) in [5.41, 5.74) is 0. The van der Waals surface area contributed by atoms with Crippen LogP contribution in [0.5, 0.6) is 0 Å². The lowest BCUT2D eigenvalue weighted by Crippen LogP contribution is -2.52. The number of likely N-dealkylation sites (tertiary alicyclic amines) is 1. The summed E-state index contributed by atoms with van der Waals surface area (Å²) in [6.45, 7) is 4.45. The largest absolute Gasteiger partial charge is 0.344 e. The molecule has 2 heterocycles. The SMILES string of the molecule is C#CCNC(=O)C(C)N1CCCC1C1CCCN1. The molecule has 0 radical (unpaired) electrons. The van der Waals surface area contributed by atoms with Gasteiger partial charge in [0.2, 0.25) is 5.91 Å². The molecule has 100 valence electrons. The molecule has 0 bridgehead atoms. The number of nitrogens with zero attached hydrogens (tertiary/aromatic N) is 1. The minimum absolute atomic E-state index is 0.0536. The number of hydrogen-bond acceptors (Lipinski definition) is 3. The van der Waals surface area contributed by atoms with E-state index in [1.807, 2.05) is 6.92 Å². The second-order valence-corrected chi connectivity index (χ2v) is 5.25. The van der Waals surface area contributed by atoms with Crippen molar-refractivity contribution in [3.05, 3.63) is 0 Å². The summed E-state index contributed by atoms with van der Waals surface area (Å²) in [6, 6.07) is 1.00. The first-order chi connectivity index (χ1) is 8.74. The van der Waals surface area contributed by atoms with Gasteiger partial charge in [0, 0.05) is 12.1 Å². The van der Waals surface area contributed by atoms with Crippen molar-refractivity contribution in [1.29, 1.82) is 0 Å². The van der Waals surface area contributed by atoms with Gasteiger partial charge in [-0.3, -0.25) is 9.69 Å². The smallest absolute Gasteiger partial charge is 0.237 e. The molecule has 2 aliphatic rings. The van der Waals surface area contributed by atoms with E-state index in [0.29, 0.717) is 18.6 Å². The van der Waals surface area contributed by atoms with E-state index in [9.17, 15) is 4.79 Å². The summed E-state index contributed by atoms with van der Waals surface area (Å²) in [7, 11) is 0. The van der Waals surface area contributed by atoms with Crippen LogP contribution < -0.4 is 10.6 Å². The van der Waals surface area contributed by atoms with Crippen LogP contribution in [0, 0.1) is 12.3 Å². The van der Waals surface area contributed by atoms with E-state index in [4.69, 9.17) is 6.42 Å². The molecule has 0 aliphatic carbocycles. The van der Waals surface area contributed by atoms with Crippen LogP contribution in [-0.2, 0) is 4.79 Å². The average molecular weight is 249 g/mol. The van der Waals surface area contributed by atoms with Crippen LogP contribution in [0.2, 0.25) is 0 Å². The molecule has 18 heavy (non-hydrogen) atoms. The van der Waals surface area contributed by atoms with E-state index in [2.05, 4.69) is 21.5 Å². The Balaban J connectivity index is 1.93. The van der Waals surface area contributed by atoms with E-state index < -0.39 is 0 Å². The van der Waals surface area contributed by atoms with Gasteiger partial charge in [-0.1, -0.05) is 5.92 Å². The second-order valence-electron chi connectivity index (χ2n) is 5.25. The third kappa shape index (κ3) is 2.85. The fraction of sp³-hybridized carbons (Fsp3) is 0.786. The Bertz CT molecular complexity index is 330. The molecule has 2 saturated heterocycles. The maximum Gasteiger partial charge on any atom is 0.237 e. The fourth-order valence-electron chi connectivity index (χ4n) is 3.20. The first-order valence-electron chi connectivity index (χ1n) is 6.94. The van der Waals surface area contributed by atoms with Crippen LogP contribution in [0.25, 0.3) is 0 Å². The Kier molecular flexibility index (Phi) is 4.62. The topological polar surface area (TPSA) is 44.4 Å². The standard InChI is InChI=1S/C14H23N3O/c1-3-8-16-14(18)11(2)17-10-5-7-13(17)12-6-4-9-15-12/h1,11-13,15H,4-10H2,2H3,(H,16,18). The van der Waals surface area contributed by atoms with Crippen molar-refractivity contribution in [1.82, 2.24) is 15.5 Å². The molecule has 2 N–H and O–H groups in total. The average Bonchev–Trinajstić information content (AvgIpc) is 3.03. The molecule has 0 saturated carbocycles. The van der Waals surface area contributed by atoms with Crippen molar-refractivity contribution in [2.45, 2.75) is 50.7 Å². The van der Waals surface area contributed by atoms with E-state index in [-0.39, 0.29) is 11.9 Å². The van der Waals surface area contributed by atoms with Gasteiger partial charge < -0.3 is 10.6 Å². The van der Waals surface area contributed by atoms with E-state index in [1.165, 1.54) is 25.7 Å². The molecule has 1 amide bonds. The number of rotatable bonds is 4. The summed E-state index contributed by atoms with van der Waals surface area (Å²) >= 11 is 0. The monoisotopic (exact) mass is 249 g/mol. The van der Waals surface area contributed by atoms with Crippen molar-refractivity contribution in [3.63, 3.8) is 0 Å². The minimum atomic E-state index is -0.0757. The summed E-state index contributed by atoms with van der Waals surface area (Å²) in [5.74, 6) is 2.50. The predicted octanol–water partition coefficient (Wildman–Crippen LogP) is 0.341. The van der Waals surface area contributed by atoms with Gasteiger partial charge in [0.1, 0.15) is 0 Å². The molecular formula is C14H23N3O. The maximum absolute atomic E-state index is 12.0. The van der Waals surface area contributed by atoms with E-state index >= 15 is 0 Å². The number of carbonyl (C=O) groups excluding carboxylic acids is 1. The predicted molar refractivity (Wildman–Crippen MR) is 72.1 cm³/mol. The highest BCUT2D eigenvalue weighted by molar-refractivity contribution is 5.81. The molecule has 2 rings (SSSR count). The molecular weight excluding hydrogens is 226 g/mol. The summed E-state index contributed by atoms with van der Waals surface area (Å²) < 4.78 is 0. The zero-order valence-electron chi connectivity index (χ0n) is 11.1. The number of nitrogens with one attached hydrogen (secondary N) is 2. The van der Waals surface area contributed by atoms with Crippen LogP contribution >= 0.6 is 0 Å². The third-order valence-electron chi connectivity index (χ3n) is 4.15. The van der Waals surface area contributed by atoms with E-state index in [1.54, 1.807) is 0 Å². The van der Waals surface area contributed by atoms with Gasteiger partial charge in [0.15, 0.2) is 0 Å². The molecule has 3 atom stereocenters. The lowest BCUT2D eigenvalue weighted by atomic mass is 10.0. The molecule has 4 nitrogen and oxygen atoms in total. The highest BCUT2D eigenvalue weighted by atomic mass is 16.2. The van der Waals surface area contributed by atoms with Crippen LogP contribution in [0.3, 0.4) is 0 Å². The van der Waals surface area contributed by atoms with Crippen LogP contribution in [0.15, 0.2) is 0 Å². The molecule has 0 aromatic carbocycles. The number of carbonyl (C=O) groups is 1. The highest BCUT2D eigenvalue weighted by Crippen LogP contribution is 2.26. The number of hydrogen-bond donors (Lipinski definition) is 2. The Morgan fingerprint density at radius 1 is 1.56 bits per heavy atom. The van der Waals surface area contributed by atoms with Crippen LogP contribution in [-0.4, -0.2) is 48.6 Å². The van der Waals surface area contributed by atoms with Crippen molar-refractivity contribution in [3.8, 4) is 12.3 Å². The van der Waals surface area contributed by atoms with Crippen molar-refractivity contribution < 1.29 is 4.79 Å². The zero-order chi connectivity index (χ0) is 13.0. The molecule has 0 spiro atoms. The second kappa shape index (κ2) is 6.21. The Hall–Kier alpha value is -1.05. The third-order valence-corrected chi connectivity index (χ3v) is 4.15. The van der Waals surface area contributed by atoms with Gasteiger partial charge in [0.25, 0.3) is 0 Å². The Labute approximate surface area is 109 Å². The highest BCUT2D eigenvalue weighted by Gasteiger charge is 2.37. The first-order valence-corrected chi connectivity index (χ1v) is 6.94. The van der Waals surface area contributed by atoms with Crippen molar-refractivity contribution >= 4 is 5.91 Å². The Morgan fingerprint density at radius 2 is 2.39 bits per heavy atom. The fourth-order valence-corrected chi connectivity index (χ4v) is 3.20. The number of amides is 1. The van der Waals surface area contributed by atoms with Gasteiger partial charge in [-0.05, 0) is 45.7 Å². The molecule has 2 fully saturated rings. The molecule has 0 aromatic heterocycles. The number of terminal acetylenes is 1. The molecule has 2 aliphatic heterocycles. The maximum atomic E-state index is 12.0. The van der Waals surface area contributed by atoms with Crippen molar-refractivity contribution in [2.75, 3.05) is 19.6 Å². The van der Waals surface area contributed by atoms with Crippen LogP contribution in [0.1, 0.15) is 32.6 Å². The van der Waals surface area contributed by atoms with Crippen molar-refractivity contribution in [2.24, 2.45) is 0 Å². The Morgan fingerprint density at radius 3 is 3.06 bits per heavy atom. The van der Waals surface area contributed by atoms with Gasteiger partial charge in [0.05, 0.1) is 12.6 Å². The zero-order valence-corrected chi connectivity index (χ0v) is 11.1. The van der Waals surface area contributed by atoms with Gasteiger partial charge >= 0.3 is 0 Å². The van der Waals surface area contributed by atoms with Gasteiger partial charge in [-0.25, -0.2) is 0 Å². The van der Waals surface area contributed by atoms with E-state index in [0.717, 1.165) is 13.1 Å². The molecule has 3 unspecified atom stereocenters. The molecule has 4 heteroatoms. The lowest BCUT2D eigenvalue weighted by molar-refractivity contribution is -0.126. The van der Waals surface area contributed by atoms with Gasteiger partial charge in [-0.2, -0.15) is 0 Å². The minimum Gasteiger partial charge on any atom is -0.344 e. The van der Waals surface area contributed by atoms with Gasteiger partial charge in [-0.15, -0.1) is 6.42 Å². The normalized spacial score (nSPS) is 30.0. The quantitative estimate of drug-likeness (QED) is 0.706. The first kappa shape index (κ1) is 13.4. The summed E-state index contributed by atoms with van der Waals surface area (Å²) in [4.78, 5) is 14.3. The summed E-state index contributed by atoms with van der Waals surface area (Å²) in [6.07, 6.45) is 10.1. The lowest BCUT2D eigenvalue weighted by Gasteiger charge is -2.33. The molecule has 0 aromatic rings. The van der Waals surface area contributed by atoms with Crippen LogP contribution in [0.4, 0.5) is 0 Å².